The lowest BCUT2D eigenvalue weighted by Crippen LogP contribution is -2.39. The standard InChI is InChI=1S/C13H15NO3/c1-8-11(7-14)12(16)17-13(8,2)9-4-3-5-10(15)6-9/h9H,3-6H2,1-2H3. The van der Waals surface area contributed by atoms with Crippen molar-refractivity contribution in [2.45, 2.75) is 45.1 Å². The smallest absolute Gasteiger partial charge is 0.349 e. The Labute approximate surface area is 100 Å². The molecule has 4 heteroatoms. The Balaban J connectivity index is 2.32. The maximum atomic E-state index is 11.6. The summed E-state index contributed by atoms with van der Waals surface area (Å²) >= 11 is 0. The zero-order valence-corrected chi connectivity index (χ0v) is 10.1. The second-order valence-electron chi connectivity index (χ2n) is 4.94. The predicted molar refractivity (Wildman–Crippen MR) is 59.8 cm³/mol. The van der Waals surface area contributed by atoms with Gasteiger partial charge in [-0.2, -0.15) is 5.26 Å². The van der Waals surface area contributed by atoms with Gasteiger partial charge in [-0.1, -0.05) is 0 Å². The molecule has 1 heterocycles. The highest BCUT2D eigenvalue weighted by atomic mass is 16.6. The fourth-order valence-electron chi connectivity index (χ4n) is 2.74. The number of hydrogen-bond acceptors (Lipinski definition) is 4. The second kappa shape index (κ2) is 3.99. The van der Waals surface area contributed by atoms with Gasteiger partial charge in [-0.15, -0.1) is 0 Å². The molecule has 0 amide bonds. The molecule has 1 aliphatic heterocycles. The van der Waals surface area contributed by atoms with E-state index in [2.05, 4.69) is 0 Å². The third kappa shape index (κ3) is 1.76. The number of nitrogens with zero attached hydrogens (tertiary/aromatic N) is 1. The van der Waals surface area contributed by atoms with Gasteiger partial charge in [0, 0.05) is 18.8 Å². The van der Waals surface area contributed by atoms with E-state index in [-0.39, 0.29) is 17.3 Å². The minimum absolute atomic E-state index is 0.0125. The van der Waals surface area contributed by atoms with Gasteiger partial charge in [-0.05, 0) is 32.3 Å². The molecule has 2 atom stereocenters. The number of ether oxygens (including phenoxy) is 1. The molecule has 0 aromatic heterocycles. The number of carbonyl (C=O) groups is 2. The van der Waals surface area contributed by atoms with Crippen LogP contribution in [0.2, 0.25) is 0 Å². The first-order chi connectivity index (χ1) is 7.99. The molecular formula is C13H15NO3. The van der Waals surface area contributed by atoms with Crippen LogP contribution in [0.5, 0.6) is 0 Å². The molecular weight excluding hydrogens is 218 g/mol. The van der Waals surface area contributed by atoms with Crippen molar-refractivity contribution in [3.8, 4) is 6.07 Å². The van der Waals surface area contributed by atoms with Crippen molar-refractivity contribution in [1.29, 1.82) is 5.26 Å². The highest BCUT2D eigenvalue weighted by Crippen LogP contribution is 2.43. The SMILES string of the molecule is CC1=C(C#N)C(=O)OC1(C)C1CCCC(=O)C1. The monoisotopic (exact) mass is 233 g/mol. The molecule has 0 N–H and O–H groups in total. The molecule has 17 heavy (non-hydrogen) atoms. The first kappa shape index (κ1) is 11.8. The summed E-state index contributed by atoms with van der Waals surface area (Å²) in [6.07, 6.45) is 2.77. The lowest BCUT2D eigenvalue weighted by atomic mass is 9.74. The van der Waals surface area contributed by atoms with E-state index < -0.39 is 11.6 Å². The molecule has 2 unspecified atom stereocenters. The van der Waals surface area contributed by atoms with Crippen LogP contribution in [0.25, 0.3) is 0 Å². The van der Waals surface area contributed by atoms with Crippen LogP contribution in [0, 0.1) is 17.2 Å². The Hall–Kier alpha value is -1.63. The highest BCUT2D eigenvalue weighted by Gasteiger charge is 2.48. The van der Waals surface area contributed by atoms with Crippen LogP contribution >= 0.6 is 0 Å². The molecule has 0 bridgehead atoms. The fourth-order valence-corrected chi connectivity index (χ4v) is 2.74. The number of carbonyl (C=O) groups excluding carboxylic acids is 2. The summed E-state index contributed by atoms with van der Waals surface area (Å²) in [5.74, 6) is -0.319. The second-order valence-corrected chi connectivity index (χ2v) is 4.94. The minimum atomic E-state index is -0.766. The third-order valence-corrected chi connectivity index (χ3v) is 4.00. The van der Waals surface area contributed by atoms with Gasteiger partial charge in [0.1, 0.15) is 23.0 Å². The van der Waals surface area contributed by atoms with E-state index in [1.54, 1.807) is 6.92 Å². The van der Waals surface area contributed by atoms with Crippen molar-refractivity contribution >= 4 is 11.8 Å². The molecule has 4 nitrogen and oxygen atoms in total. The molecule has 2 rings (SSSR count). The average Bonchev–Trinajstić information content (AvgIpc) is 2.51. The number of Topliss-reactive ketones (excluding diaryl/α,β-unsaturated/α-hetero) is 1. The Morgan fingerprint density at radius 2 is 2.18 bits per heavy atom. The van der Waals surface area contributed by atoms with E-state index in [4.69, 9.17) is 10.00 Å². The predicted octanol–water partition coefficient (Wildman–Crippen LogP) is 1.90. The van der Waals surface area contributed by atoms with Crippen LogP contribution < -0.4 is 0 Å². The molecule has 1 saturated carbocycles. The van der Waals surface area contributed by atoms with Crippen LogP contribution in [0.15, 0.2) is 11.1 Å². The molecule has 2 aliphatic rings. The Bertz CT molecular complexity index is 458. The number of rotatable bonds is 1. The zero-order valence-electron chi connectivity index (χ0n) is 10.1. The maximum Gasteiger partial charge on any atom is 0.349 e. The van der Waals surface area contributed by atoms with Gasteiger partial charge in [0.25, 0.3) is 0 Å². The van der Waals surface area contributed by atoms with Crippen molar-refractivity contribution < 1.29 is 14.3 Å². The molecule has 1 fully saturated rings. The van der Waals surface area contributed by atoms with E-state index >= 15 is 0 Å². The number of ketones is 1. The summed E-state index contributed by atoms with van der Waals surface area (Å²) in [4.78, 5) is 23.1. The molecule has 1 aliphatic carbocycles. The molecule has 0 saturated heterocycles. The van der Waals surface area contributed by atoms with Crippen molar-refractivity contribution in [3.63, 3.8) is 0 Å². The lowest BCUT2D eigenvalue weighted by molar-refractivity contribution is -0.151. The Kier molecular flexibility index (Phi) is 2.78. The molecule has 0 aromatic rings. The summed E-state index contributed by atoms with van der Waals surface area (Å²) in [6, 6.07) is 1.89. The fraction of sp³-hybridized carbons (Fsp3) is 0.615. The quantitative estimate of drug-likeness (QED) is 0.649. The Morgan fingerprint density at radius 3 is 2.71 bits per heavy atom. The largest absolute Gasteiger partial charge is 0.450 e. The zero-order chi connectivity index (χ0) is 12.6. The number of hydrogen-bond donors (Lipinski definition) is 0. The van der Waals surface area contributed by atoms with Gasteiger partial charge < -0.3 is 4.74 Å². The average molecular weight is 233 g/mol. The highest BCUT2D eigenvalue weighted by molar-refractivity contribution is 5.97. The van der Waals surface area contributed by atoms with E-state index in [9.17, 15) is 9.59 Å². The van der Waals surface area contributed by atoms with E-state index in [0.717, 1.165) is 12.8 Å². The Morgan fingerprint density at radius 1 is 1.47 bits per heavy atom. The molecule has 0 radical (unpaired) electrons. The third-order valence-electron chi connectivity index (χ3n) is 4.00. The lowest BCUT2D eigenvalue weighted by Gasteiger charge is -2.36. The van der Waals surface area contributed by atoms with Crippen LogP contribution in [0.4, 0.5) is 0 Å². The summed E-state index contributed by atoms with van der Waals surface area (Å²) in [5, 5.41) is 8.91. The summed E-state index contributed by atoms with van der Waals surface area (Å²) in [5.41, 5.74) is 0.00771. The minimum Gasteiger partial charge on any atom is -0.450 e. The summed E-state index contributed by atoms with van der Waals surface area (Å²) in [7, 11) is 0. The van der Waals surface area contributed by atoms with Gasteiger partial charge >= 0.3 is 5.97 Å². The number of cyclic esters (lactones) is 1. The van der Waals surface area contributed by atoms with E-state index in [0.29, 0.717) is 18.4 Å². The van der Waals surface area contributed by atoms with Crippen LogP contribution in [-0.2, 0) is 14.3 Å². The normalized spacial score (nSPS) is 33.6. The van der Waals surface area contributed by atoms with Crippen molar-refractivity contribution in [2.24, 2.45) is 5.92 Å². The van der Waals surface area contributed by atoms with Gasteiger partial charge in [0.15, 0.2) is 0 Å². The van der Waals surface area contributed by atoms with Crippen molar-refractivity contribution in [3.05, 3.63) is 11.1 Å². The first-order valence-electron chi connectivity index (χ1n) is 5.85. The first-order valence-corrected chi connectivity index (χ1v) is 5.85. The van der Waals surface area contributed by atoms with Crippen LogP contribution in [0.3, 0.4) is 0 Å². The van der Waals surface area contributed by atoms with Gasteiger partial charge in [0.05, 0.1) is 0 Å². The summed E-state index contributed by atoms with van der Waals surface area (Å²) in [6.45, 7) is 3.57. The van der Waals surface area contributed by atoms with E-state index in [1.165, 1.54) is 0 Å². The topological polar surface area (TPSA) is 67.2 Å². The molecule has 0 spiro atoms. The molecule has 90 valence electrons. The number of nitriles is 1. The van der Waals surface area contributed by atoms with E-state index in [1.807, 2.05) is 13.0 Å². The van der Waals surface area contributed by atoms with Crippen molar-refractivity contribution in [1.82, 2.24) is 0 Å². The van der Waals surface area contributed by atoms with Crippen molar-refractivity contribution in [2.75, 3.05) is 0 Å². The van der Waals surface area contributed by atoms with Gasteiger partial charge in [0.2, 0.25) is 0 Å². The van der Waals surface area contributed by atoms with Gasteiger partial charge in [-0.25, -0.2) is 4.79 Å². The van der Waals surface area contributed by atoms with Crippen LogP contribution in [0.1, 0.15) is 39.5 Å². The summed E-state index contributed by atoms with van der Waals surface area (Å²) < 4.78 is 5.36. The molecule has 0 aromatic carbocycles. The number of esters is 1. The van der Waals surface area contributed by atoms with Gasteiger partial charge in [-0.3, -0.25) is 4.79 Å². The van der Waals surface area contributed by atoms with Crippen LogP contribution in [-0.4, -0.2) is 17.4 Å². The maximum absolute atomic E-state index is 11.6.